The van der Waals surface area contributed by atoms with Crippen LogP contribution < -0.4 is 24.0 Å². The molecule has 0 aliphatic rings. The van der Waals surface area contributed by atoms with Crippen LogP contribution in [0.25, 0.3) is 0 Å². The third-order valence-corrected chi connectivity index (χ3v) is 4.46. The van der Waals surface area contributed by atoms with Crippen molar-refractivity contribution >= 4 is 0 Å². The highest BCUT2D eigenvalue weighted by Gasteiger charge is 3.07. The minimum absolute atomic E-state index is 0. The van der Waals surface area contributed by atoms with Crippen molar-refractivity contribution in [3.63, 3.8) is 0 Å². The molecule has 0 aliphatic heterocycles. The van der Waals surface area contributed by atoms with Crippen molar-refractivity contribution in [1.82, 2.24) is 0 Å². The first kappa shape index (κ1) is 41.9. The van der Waals surface area contributed by atoms with Gasteiger partial charge in [-0.15, -0.1) is 49.4 Å². The van der Waals surface area contributed by atoms with Gasteiger partial charge in [0.25, 0.3) is 0 Å². The van der Waals surface area contributed by atoms with Crippen LogP contribution in [0.1, 0.15) is 0 Å². The molecule has 0 bridgehead atoms. The van der Waals surface area contributed by atoms with E-state index >= 15 is 0 Å². The van der Waals surface area contributed by atoms with E-state index in [1.54, 1.807) is 0 Å². The summed E-state index contributed by atoms with van der Waals surface area (Å²) in [5.74, 6) is -38.3. The Kier molecular flexibility index (Phi) is 10.7. The number of hydrogen-bond donors (Lipinski definition) is 0. The topological polar surface area (TPSA) is 18.5 Å². The maximum Gasteiger partial charge on any atom is 0.576 e. The molecule has 0 radical (unpaired) electrons. The van der Waals surface area contributed by atoms with Gasteiger partial charge in [0.2, 0.25) is 0 Å². The van der Waals surface area contributed by atoms with Crippen LogP contribution in [0, 0.1) is 0 Å². The maximum atomic E-state index is 14.2. The Labute approximate surface area is 220 Å². The first-order valence-corrected chi connectivity index (χ1v) is 7.90. The number of rotatable bonds is 10. The molecular weight excluding hydrogens is 799 g/mol. The van der Waals surface area contributed by atoms with Crippen molar-refractivity contribution < 1.29 is 153 Å². The van der Waals surface area contributed by atoms with Crippen molar-refractivity contribution in [3.05, 3.63) is 0 Å². The van der Waals surface area contributed by atoms with Crippen LogP contribution in [0.15, 0.2) is 0 Å². The fourth-order valence-electron chi connectivity index (χ4n) is 2.47. The van der Waals surface area contributed by atoms with E-state index in [4.69, 9.17) is 0 Å². The lowest BCUT2D eigenvalue weighted by atomic mass is 9.94. The summed E-state index contributed by atoms with van der Waals surface area (Å²) in [6.45, 7) is 0. The van der Waals surface area contributed by atoms with E-state index < -0.39 is 71.0 Å². The van der Waals surface area contributed by atoms with Crippen molar-refractivity contribution in [2.24, 2.45) is 0 Å². The van der Waals surface area contributed by atoms with E-state index in [9.17, 15) is 114 Å². The summed E-state index contributed by atoms with van der Waals surface area (Å²) in [7, 11) is 0. The van der Waals surface area contributed by atoms with Gasteiger partial charge in [0.05, 0.1) is 0 Å². The number of halogens is 27. The lowest BCUT2D eigenvalue weighted by Crippen LogP contribution is -3.00. The Morgan fingerprint density at radius 3 is 0.854 bits per heavy atom. The minimum Gasteiger partial charge on any atom is -1.00 e. The van der Waals surface area contributed by atoms with E-state index in [1.807, 2.05) is 0 Å². The molecule has 0 fully saturated rings. The van der Waals surface area contributed by atoms with Gasteiger partial charge in [-0.25, -0.2) is 0 Å². The molecule has 0 amide bonds. The number of nitrogens with zero attached hydrogens (tertiary/aromatic N) is 1. The lowest BCUT2D eigenvalue weighted by molar-refractivity contribution is -1.22. The van der Waals surface area contributed by atoms with Crippen LogP contribution in [-0.2, 0) is 9.88 Å². The molecule has 0 heterocycles. The van der Waals surface area contributed by atoms with E-state index in [0.29, 0.717) is 9.88 Å². The summed E-state index contributed by atoms with van der Waals surface area (Å²) in [6.07, 6.45) is -27.1. The van der Waals surface area contributed by atoms with Gasteiger partial charge in [-0.2, -0.15) is 65.9 Å². The van der Waals surface area contributed by atoms with Crippen molar-refractivity contribution in [1.29, 1.82) is 0 Å². The summed E-state index contributed by atoms with van der Waals surface area (Å²) >= 11 is 0. The van der Waals surface area contributed by atoms with E-state index in [1.165, 1.54) is 0 Å². The second-order valence-corrected chi connectivity index (χ2v) is 6.75. The third-order valence-electron chi connectivity index (χ3n) is 4.46. The molecule has 1 atom stereocenters. The molecule has 0 rings (SSSR count). The molecule has 0 spiro atoms. The molecular formula is C11F26INO2. The Morgan fingerprint density at radius 1 is 0.341 bits per heavy atom. The molecule has 0 aromatic rings. The van der Waals surface area contributed by atoms with Gasteiger partial charge in [0.1, 0.15) is 0 Å². The first-order chi connectivity index (χ1) is 16.9. The van der Waals surface area contributed by atoms with Crippen molar-refractivity contribution in [2.45, 2.75) is 66.5 Å². The fraction of sp³-hybridized carbons (Fsp3) is 1.00. The SMILES string of the molecule is FOC(F)(OF)C(F)(F)[N+](C(F)(F)F)(C(F)(F)C(F)(F)F)C(F)(F)C(F)(F)C(F)(F)C(F)(F)C(F)(F)C(F)(F)F.[I-]. The average Bonchev–Trinajstić information content (AvgIpc) is 2.69. The first-order valence-electron chi connectivity index (χ1n) is 7.90. The molecule has 41 heavy (non-hydrogen) atoms. The molecule has 250 valence electrons. The number of alkyl halides is 24. The van der Waals surface area contributed by atoms with Gasteiger partial charge in [0, 0.05) is 0 Å². The van der Waals surface area contributed by atoms with Gasteiger partial charge < -0.3 is 24.0 Å². The van der Waals surface area contributed by atoms with Crippen molar-refractivity contribution in [3.8, 4) is 0 Å². The van der Waals surface area contributed by atoms with Crippen LogP contribution in [0.2, 0.25) is 0 Å². The standard InChI is InChI=1S/C11F26NO2.HI/c12-1(13,3(16,17)5(20,21)22)2(14,15)4(18,19)7(26,27)38(11(33,34)35,8(28,29)6(23,24)25)9(30,31)10(32,39-36)40-37;/h;1H/q+1;/p-1. The minimum atomic E-state index is -10.4. The average molecular weight is 799 g/mol. The summed E-state index contributed by atoms with van der Waals surface area (Å²) < 4.78 is 332. The quantitative estimate of drug-likeness (QED) is 0.0997. The zero-order chi connectivity index (χ0) is 33.4. The molecule has 0 aliphatic carbocycles. The molecule has 30 heteroatoms. The van der Waals surface area contributed by atoms with Crippen LogP contribution in [0.3, 0.4) is 0 Å². The summed E-state index contributed by atoms with van der Waals surface area (Å²) in [5, 5.41) is 0. The predicted molar refractivity (Wildman–Crippen MR) is 61.3 cm³/mol. The monoisotopic (exact) mass is 799 g/mol. The predicted octanol–water partition coefficient (Wildman–Crippen LogP) is 5.20. The summed E-state index contributed by atoms with van der Waals surface area (Å²) in [4.78, 5) is 1.42. The number of hydrogen-bond acceptors (Lipinski definition) is 2. The Balaban J connectivity index is 0. The molecule has 0 aromatic carbocycles. The summed E-state index contributed by atoms with van der Waals surface area (Å²) in [6, 6.07) is -38.3. The Bertz CT molecular complexity index is 914. The van der Waals surface area contributed by atoms with Crippen LogP contribution in [0.4, 0.5) is 114 Å². The van der Waals surface area contributed by atoms with E-state index in [-0.39, 0.29) is 24.0 Å². The second-order valence-electron chi connectivity index (χ2n) is 6.75. The maximum absolute atomic E-state index is 14.2. The highest BCUT2D eigenvalue weighted by Crippen LogP contribution is 2.70. The molecule has 0 aromatic heterocycles. The largest absolute Gasteiger partial charge is 1.00 e. The normalized spacial score (nSPS) is 17.7. The molecule has 1 unspecified atom stereocenters. The molecule has 0 N–H and O–H groups in total. The molecule has 3 nitrogen and oxygen atoms in total. The van der Waals surface area contributed by atoms with Gasteiger partial charge >= 0.3 is 66.5 Å². The van der Waals surface area contributed by atoms with Gasteiger partial charge in [0.15, 0.2) is 0 Å². The van der Waals surface area contributed by atoms with Crippen LogP contribution in [-0.4, -0.2) is 71.0 Å². The Hall–Kier alpha value is -1.21. The Morgan fingerprint density at radius 2 is 0.634 bits per heavy atom. The van der Waals surface area contributed by atoms with E-state index in [0.717, 1.165) is 0 Å². The van der Waals surface area contributed by atoms with E-state index in [2.05, 4.69) is 0 Å². The zero-order valence-electron chi connectivity index (χ0n) is 17.0. The molecule has 0 saturated heterocycles. The van der Waals surface area contributed by atoms with Crippen LogP contribution >= 0.6 is 0 Å². The second kappa shape index (κ2) is 10.5. The molecule has 0 saturated carbocycles. The highest BCUT2D eigenvalue weighted by molar-refractivity contribution is 5.09. The third kappa shape index (κ3) is 4.87. The van der Waals surface area contributed by atoms with Gasteiger partial charge in [-0.1, -0.05) is 0 Å². The van der Waals surface area contributed by atoms with Crippen LogP contribution in [0.5, 0.6) is 0 Å². The summed E-state index contributed by atoms with van der Waals surface area (Å²) in [5.41, 5.74) is 0. The number of quaternary nitrogens is 1. The van der Waals surface area contributed by atoms with Gasteiger partial charge in [-0.3, -0.25) is 0 Å². The van der Waals surface area contributed by atoms with Gasteiger partial charge in [-0.05, 0) is 13.5 Å². The lowest BCUT2D eigenvalue weighted by Gasteiger charge is -2.52. The smallest absolute Gasteiger partial charge is 0.576 e. The van der Waals surface area contributed by atoms with Crippen molar-refractivity contribution in [2.75, 3.05) is 0 Å². The zero-order valence-corrected chi connectivity index (χ0v) is 19.1. The highest BCUT2D eigenvalue weighted by atomic mass is 127. The fourth-order valence-corrected chi connectivity index (χ4v) is 2.47.